The Labute approximate surface area is 187 Å². The van der Waals surface area contributed by atoms with E-state index in [-0.39, 0.29) is 11.6 Å². The van der Waals surface area contributed by atoms with Gasteiger partial charge in [0.05, 0.1) is 14.2 Å². The van der Waals surface area contributed by atoms with Gasteiger partial charge in [0.2, 0.25) is 0 Å². The number of benzene rings is 3. The minimum absolute atomic E-state index is 0.103. The van der Waals surface area contributed by atoms with Gasteiger partial charge in [0.1, 0.15) is 5.70 Å². The van der Waals surface area contributed by atoms with Crippen molar-refractivity contribution in [2.45, 2.75) is 13.8 Å². The smallest absolute Gasteiger partial charge is 0.272 e. The fraction of sp³-hybridized carbons (Fsp3) is 0.154. The molecule has 0 heterocycles. The fourth-order valence-electron chi connectivity index (χ4n) is 3.20. The Morgan fingerprint density at radius 1 is 0.844 bits per heavy atom. The zero-order chi connectivity index (χ0) is 23.1. The Bertz CT molecular complexity index is 1150. The molecule has 6 nitrogen and oxygen atoms in total. The molecule has 0 saturated carbocycles. The number of carbonyl (C=O) groups excluding carboxylic acids is 2. The first kappa shape index (κ1) is 22.6. The summed E-state index contributed by atoms with van der Waals surface area (Å²) in [6, 6.07) is 19.7. The first-order valence-electron chi connectivity index (χ1n) is 10.1. The van der Waals surface area contributed by atoms with Crippen molar-refractivity contribution in [1.82, 2.24) is 5.32 Å². The van der Waals surface area contributed by atoms with Crippen LogP contribution in [-0.4, -0.2) is 26.0 Å². The van der Waals surface area contributed by atoms with Crippen LogP contribution in [-0.2, 0) is 4.79 Å². The topological polar surface area (TPSA) is 76.7 Å². The summed E-state index contributed by atoms with van der Waals surface area (Å²) in [6.07, 6.45) is 1.60. The molecule has 3 aromatic rings. The molecule has 0 atom stereocenters. The Balaban J connectivity index is 1.95. The van der Waals surface area contributed by atoms with Crippen molar-refractivity contribution >= 4 is 23.6 Å². The summed E-state index contributed by atoms with van der Waals surface area (Å²) in [4.78, 5) is 25.9. The summed E-state index contributed by atoms with van der Waals surface area (Å²) < 4.78 is 10.6. The third kappa shape index (κ3) is 5.55. The van der Waals surface area contributed by atoms with E-state index in [1.807, 2.05) is 38.1 Å². The van der Waals surface area contributed by atoms with Crippen molar-refractivity contribution in [2.24, 2.45) is 0 Å². The second kappa shape index (κ2) is 10.3. The Morgan fingerprint density at radius 2 is 1.56 bits per heavy atom. The highest BCUT2D eigenvalue weighted by molar-refractivity contribution is 6.10. The van der Waals surface area contributed by atoms with E-state index >= 15 is 0 Å². The van der Waals surface area contributed by atoms with Gasteiger partial charge in [-0.1, -0.05) is 42.0 Å². The van der Waals surface area contributed by atoms with Crippen LogP contribution < -0.4 is 20.1 Å². The van der Waals surface area contributed by atoms with Gasteiger partial charge in [-0.25, -0.2) is 0 Å². The molecule has 2 amide bonds. The van der Waals surface area contributed by atoms with Crippen molar-refractivity contribution in [3.05, 3.63) is 94.7 Å². The van der Waals surface area contributed by atoms with E-state index in [0.29, 0.717) is 28.3 Å². The zero-order valence-corrected chi connectivity index (χ0v) is 18.6. The summed E-state index contributed by atoms with van der Waals surface area (Å²) in [5.74, 6) is 0.271. The number of hydrogen-bond donors (Lipinski definition) is 2. The molecular weight excluding hydrogens is 404 g/mol. The normalized spacial score (nSPS) is 10.9. The average Bonchev–Trinajstić information content (AvgIpc) is 2.80. The lowest BCUT2D eigenvalue weighted by Gasteiger charge is -2.14. The number of carbonyl (C=O) groups is 2. The van der Waals surface area contributed by atoms with Gasteiger partial charge in [-0.15, -0.1) is 0 Å². The maximum atomic E-state index is 13.1. The molecule has 0 aliphatic rings. The van der Waals surface area contributed by atoms with Gasteiger partial charge in [-0.05, 0) is 61.4 Å². The molecule has 0 aliphatic heterocycles. The van der Waals surface area contributed by atoms with E-state index in [0.717, 1.165) is 11.1 Å². The van der Waals surface area contributed by atoms with Crippen LogP contribution in [0.2, 0.25) is 0 Å². The van der Waals surface area contributed by atoms with Crippen molar-refractivity contribution in [1.29, 1.82) is 0 Å². The third-order valence-electron chi connectivity index (χ3n) is 4.88. The number of rotatable bonds is 7. The largest absolute Gasteiger partial charge is 0.493 e. The first-order chi connectivity index (χ1) is 15.4. The van der Waals surface area contributed by atoms with Crippen molar-refractivity contribution in [3.8, 4) is 11.5 Å². The fourth-order valence-corrected chi connectivity index (χ4v) is 3.20. The summed E-state index contributed by atoms with van der Waals surface area (Å²) in [6.45, 7) is 3.91. The quantitative estimate of drug-likeness (QED) is 0.531. The van der Waals surface area contributed by atoms with Crippen LogP contribution in [0.5, 0.6) is 11.5 Å². The van der Waals surface area contributed by atoms with Gasteiger partial charge in [0.15, 0.2) is 11.5 Å². The minimum atomic E-state index is -0.434. The molecule has 0 radical (unpaired) electrons. The zero-order valence-electron chi connectivity index (χ0n) is 18.6. The number of hydrogen-bond acceptors (Lipinski definition) is 4. The summed E-state index contributed by atoms with van der Waals surface area (Å²) in [5, 5.41) is 5.62. The highest BCUT2D eigenvalue weighted by atomic mass is 16.5. The molecule has 0 bridgehead atoms. The SMILES string of the molecule is COc1ccc(C=C(NC(=O)c2ccccc2)C(=O)Nc2ccc(C)cc2C)cc1OC. The molecule has 3 aromatic carbocycles. The molecule has 164 valence electrons. The van der Waals surface area contributed by atoms with Crippen LogP contribution >= 0.6 is 0 Å². The van der Waals surface area contributed by atoms with Gasteiger partial charge >= 0.3 is 0 Å². The van der Waals surface area contributed by atoms with E-state index in [1.54, 1.807) is 55.7 Å². The van der Waals surface area contributed by atoms with Crippen LogP contribution in [0.25, 0.3) is 6.08 Å². The summed E-state index contributed by atoms with van der Waals surface area (Å²) >= 11 is 0. The Kier molecular flexibility index (Phi) is 7.29. The predicted molar refractivity (Wildman–Crippen MR) is 126 cm³/mol. The highest BCUT2D eigenvalue weighted by Crippen LogP contribution is 2.28. The molecule has 2 N–H and O–H groups in total. The lowest BCUT2D eigenvalue weighted by molar-refractivity contribution is -0.113. The number of ether oxygens (including phenoxy) is 2. The number of anilines is 1. The second-order valence-corrected chi connectivity index (χ2v) is 7.27. The molecule has 0 saturated heterocycles. The average molecular weight is 431 g/mol. The van der Waals surface area contributed by atoms with Crippen molar-refractivity contribution < 1.29 is 19.1 Å². The highest BCUT2D eigenvalue weighted by Gasteiger charge is 2.16. The van der Waals surface area contributed by atoms with Gasteiger partial charge in [0.25, 0.3) is 11.8 Å². The first-order valence-corrected chi connectivity index (χ1v) is 10.1. The summed E-state index contributed by atoms with van der Waals surface area (Å²) in [7, 11) is 3.09. The van der Waals surface area contributed by atoms with Gasteiger partial charge in [0, 0.05) is 11.3 Å². The molecule has 6 heteroatoms. The molecule has 0 spiro atoms. The molecule has 0 aliphatic carbocycles. The third-order valence-corrected chi connectivity index (χ3v) is 4.88. The number of nitrogens with one attached hydrogen (secondary N) is 2. The van der Waals surface area contributed by atoms with E-state index < -0.39 is 5.91 Å². The van der Waals surface area contributed by atoms with Gasteiger partial charge < -0.3 is 20.1 Å². The van der Waals surface area contributed by atoms with Crippen LogP contribution in [0.1, 0.15) is 27.0 Å². The maximum absolute atomic E-state index is 13.1. The standard InChI is InChI=1S/C26H26N2O4/c1-17-10-12-21(18(2)14-17)27-26(30)22(28-25(29)20-8-6-5-7-9-20)15-19-11-13-23(31-3)24(16-19)32-4/h5-16H,1-4H3,(H,27,30)(H,28,29). The van der Waals surface area contributed by atoms with E-state index in [4.69, 9.17) is 9.47 Å². The van der Waals surface area contributed by atoms with Crippen LogP contribution in [0.3, 0.4) is 0 Å². The number of aryl methyl sites for hydroxylation is 2. The number of amides is 2. The van der Waals surface area contributed by atoms with Gasteiger partial charge in [-0.3, -0.25) is 9.59 Å². The van der Waals surface area contributed by atoms with E-state index in [9.17, 15) is 9.59 Å². The van der Waals surface area contributed by atoms with E-state index in [2.05, 4.69) is 10.6 Å². The minimum Gasteiger partial charge on any atom is -0.493 e. The van der Waals surface area contributed by atoms with Gasteiger partial charge in [-0.2, -0.15) is 0 Å². The van der Waals surface area contributed by atoms with Crippen LogP contribution in [0.4, 0.5) is 5.69 Å². The predicted octanol–water partition coefficient (Wildman–Crippen LogP) is 4.73. The lowest BCUT2D eigenvalue weighted by atomic mass is 10.1. The lowest BCUT2D eigenvalue weighted by Crippen LogP contribution is -2.30. The molecule has 3 rings (SSSR count). The Morgan fingerprint density at radius 3 is 2.22 bits per heavy atom. The Hall–Kier alpha value is -4.06. The molecular formula is C26H26N2O4. The van der Waals surface area contributed by atoms with Crippen LogP contribution in [0.15, 0.2) is 72.4 Å². The molecule has 0 unspecified atom stereocenters. The second-order valence-electron chi connectivity index (χ2n) is 7.27. The maximum Gasteiger partial charge on any atom is 0.272 e. The van der Waals surface area contributed by atoms with Crippen LogP contribution in [0, 0.1) is 13.8 Å². The van der Waals surface area contributed by atoms with Crippen molar-refractivity contribution in [3.63, 3.8) is 0 Å². The summed E-state index contributed by atoms with van der Waals surface area (Å²) in [5.41, 5.74) is 3.92. The number of methoxy groups -OCH3 is 2. The van der Waals surface area contributed by atoms with E-state index in [1.165, 1.54) is 7.11 Å². The molecule has 0 aromatic heterocycles. The monoisotopic (exact) mass is 430 g/mol. The molecule has 32 heavy (non-hydrogen) atoms. The van der Waals surface area contributed by atoms with Crippen molar-refractivity contribution in [2.75, 3.05) is 19.5 Å². The molecule has 0 fully saturated rings.